The number of carbonyl (C=O) groups excluding carboxylic acids is 1. The number of halogens is 4. The van der Waals surface area contributed by atoms with Gasteiger partial charge in [-0.1, -0.05) is 70.7 Å². The molecule has 3 aromatic rings. The van der Waals surface area contributed by atoms with Crippen LogP contribution in [0.2, 0.25) is 20.1 Å². The Morgan fingerprint density at radius 1 is 0.875 bits per heavy atom. The molecule has 1 heterocycles. The van der Waals surface area contributed by atoms with E-state index in [4.69, 9.17) is 46.4 Å². The van der Waals surface area contributed by atoms with Crippen molar-refractivity contribution in [3.05, 3.63) is 97.9 Å². The van der Waals surface area contributed by atoms with E-state index in [9.17, 15) is 9.90 Å². The summed E-state index contributed by atoms with van der Waals surface area (Å²) in [4.78, 5) is 17.0. The van der Waals surface area contributed by atoms with Crippen LogP contribution in [0.1, 0.15) is 23.3 Å². The van der Waals surface area contributed by atoms with Gasteiger partial charge in [0.05, 0.1) is 16.8 Å². The maximum Gasteiger partial charge on any atom is 0.256 e. The monoisotopic (exact) mass is 508 g/mol. The van der Waals surface area contributed by atoms with Crippen LogP contribution in [0.25, 0.3) is 0 Å². The molecule has 4 rings (SSSR count). The number of rotatable bonds is 4. The SMILES string of the molecule is O=C([C@H](O)c1cccc(Cl)c1)N1CCN(c2ccc(Cl)cc2Cl)[C@H](c2ccc(Cl)cc2)C1. The summed E-state index contributed by atoms with van der Waals surface area (Å²) in [5.74, 6) is -0.368. The van der Waals surface area contributed by atoms with Crippen molar-refractivity contribution in [2.75, 3.05) is 24.5 Å². The van der Waals surface area contributed by atoms with Crippen molar-refractivity contribution in [2.24, 2.45) is 0 Å². The van der Waals surface area contributed by atoms with Crippen LogP contribution in [0.5, 0.6) is 0 Å². The molecule has 0 aromatic heterocycles. The van der Waals surface area contributed by atoms with Gasteiger partial charge in [-0.05, 0) is 53.6 Å². The summed E-state index contributed by atoms with van der Waals surface area (Å²) in [6.07, 6.45) is -1.29. The topological polar surface area (TPSA) is 43.8 Å². The highest BCUT2D eigenvalue weighted by atomic mass is 35.5. The Morgan fingerprint density at radius 3 is 2.25 bits per heavy atom. The number of hydrogen-bond acceptors (Lipinski definition) is 3. The average Bonchev–Trinajstić information content (AvgIpc) is 2.78. The van der Waals surface area contributed by atoms with Gasteiger partial charge in [-0.3, -0.25) is 4.79 Å². The Morgan fingerprint density at radius 2 is 1.56 bits per heavy atom. The Balaban J connectivity index is 1.64. The fraction of sp³-hybridized carbons (Fsp3) is 0.208. The normalized spacial score (nSPS) is 17.3. The third-order valence-corrected chi connectivity index (χ3v) is 6.59. The molecule has 8 heteroatoms. The molecule has 3 aromatic carbocycles. The van der Waals surface area contributed by atoms with Gasteiger partial charge in [-0.15, -0.1) is 0 Å². The van der Waals surface area contributed by atoms with E-state index in [0.29, 0.717) is 45.3 Å². The lowest BCUT2D eigenvalue weighted by molar-refractivity contribution is -0.141. The van der Waals surface area contributed by atoms with Gasteiger partial charge in [0, 0.05) is 34.7 Å². The molecule has 1 saturated heterocycles. The van der Waals surface area contributed by atoms with E-state index in [1.807, 2.05) is 30.3 Å². The molecule has 0 bridgehead atoms. The quantitative estimate of drug-likeness (QED) is 0.441. The average molecular weight is 510 g/mol. The van der Waals surface area contributed by atoms with Crippen LogP contribution in [0.3, 0.4) is 0 Å². The summed E-state index contributed by atoms with van der Waals surface area (Å²) in [5.41, 5.74) is 2.28. The third-order valence-electron chi connectivity index (χ3n) is 5.56. The minimum absolute atomic E-state index is 0.185. The van der Waals surface area contributed by atoms with Crippen molar-refractivity contribution < 1.29 is 9.90 Å². The number of benzene rings is 3. The Labute approximate surface area is 206 Å². The molecule has 1 fully saturated rings. The predicted molar refractivity (Wildman–Crippen MR) is 131 cm³/mol. The zero-order chi connectivity index (χ0) is 22.8. The molecule has 166 valence electrons. The first-order valence-electron chi connectivity index (χ1n) is 10.0. The zero-order valence-electron chi connectivity index (χ0n) is 16.9. The summed E-state index contributed by atoms with van der Waals surface area (Å²) in [6, 6.07) is 19.4. The molecule has 1 aliphatic rings. The van der Waals surface area contributed by atoms with E-state index in [2.05, 4.69) is 4.90 Å². The smallest absolute Gasteiger partial charge is 0.256 e. The van der Waals surface area contributed by atoms with Gasteiger partial charge < -0.3 is 14.9 Å². The van der Waals surface area contributed by atoms with Gasteiger partial charge in [-0.25, -0.2) is 0 Å². The second-order valence-electron chi connectivity index (χ2n) is 7.60. The Kier molecular flexibility index (Phi) is 7.18. The number of aliphatic hydroxyl groups is 1. The van der Waals surface area contributed by atoms with Gasteiger partial charge in [0.25, 0.3) is 5.91 Å². The maximum absolute atomic E-state index is 13.1. The molecule has 1 N–H and O–H groups in total. The van der Waals surface area contributed by atoms with Gasteiger partial charge >= 0.3 is 0 Å². The van der Waals surface area contributed by atoms with Crippen LogP contribution in [-0.4, -0.2) is 35.5 Å². The number of nitrogens with zero attached hydrogens (tertiary/aromatic N) is 2. The van der Waals surface area contributed by atoms with E-state index >= 15 is 0 Å². The standard InChI is InChI=1S/C24H20Cl4N2O2/c25-17-6-4-15(5-7-17)22-14-29(24(32)23(31)16-2-1-3-18(26)12-16)10-11-30(22)21-9-8-19(27)13-20(21)28/h1-9,12-13,22-23,31H,10-11,14H2/t22-,23+/m0/s1. The number of carbonyl (C=O) groups is 1. The summed E-state index contributed by atoms with van der Waals surface area (Å²) in [6.45, 7) is 1.33. The molecule has 0 aliphatic carbocycles. The molecule has 0 saturated carbocycles. The van der Waals surface area contributed by atoms with Crippen molar-refractivity contribution in [2.45, 2.75) is 12.1 Å². The first-order valence-corrected chi connectivity index (χ1v) is 11.5. The van der Waals surface area contributed by atoms with Crippen LogP contribution in [0.15, 0.2) is 66.7 Å². The predicted octanol–water partition coefficient (Wildman–Crippen LogP) is 6.42. The van der Waals surface area contributed by atoms with E-state index in [0.717, 1.165) is 11.3 Å². The highest BCUT2D eigenvalue weighted by molar-refractivity contribution is 6.36. The molecule has 0 spiro atoms. The molecule has 0 unspecified atom stereocenters. The third kappa shape index (κ3) is 5.00. The number of anilines is 1. The fourth-order valence-corrected chi connectivity index (χ4v) is 4.79. The van der Waals surface area contributed by atoms with Crippen LogP contribution < -0.4 is 4.90 Å². The van der Waals surface area contributed by atoms with Crippen molar-refractivity contribution in [1.82, 2.24) is 4.90 Å². The van der Waals surface area contributed by atoms with Gasteiger partial charge in [0.1, 0.15) is 0 Å². The van der Waals surface area contributed by atoms with Gasteiger partial charge in [0.2, 0.25) is 0 Å². The number of hydrogen-bond donors (Lipinski definition) is 1. The van der Waals surface area contributed by atoms with E-state index < -0.39 is 6.10 Å². The van der Waals surface area contributed by atoms with Gasteiger partial charge in [0.15, 0.2) is 6.10 Å². The summed E-state index contributed by atoms with van der Waals surface area (Å²) in [7, 11) is 0. The van der Waals surface area contributed by atoms with Crippen molar-refractivity contribution in [3.8, 4) is 0 Å². The lowest BCUT2D eigenvalue weighted by Gasteiger charge is -2.44. The molecule has 1 amide bonds. The second-order valence-corrected chi connectivity index (χ2v) is 9.31. The Hall–Kier alpha value is -1.95. The number of piperazine rings is 1. The second kappa shape index (κ2) is 9.90. The molecule has 2 atom stereocenters. The molecule has 1 aliphatic heterocycles. The summed E-state index contributed by atoms with van der Waals surface area (Å²) < 4.78 is 0. The van der Waals surface area contributed by atoms with E-state index in [1.165, 1.54) is 0 Å². The molecular weight excluding hydrogens is 490 g/mol. The van der Waals surface area contributed by atoms with Crippen molar-refractivity contribution in [1.29, 1.82) is 0 Å². The first kappa shape index (κ1) is 23.2. The highest BCUT2D eigenvalue weighted by Gasteiger charge is 2.34. The van der Waals surface area contributed by atoms with E-state index in [1.54, 1.807) is 41.3 Å². The van der Waals surface area contributed by atoms with Crippen molar-refractivity contribution >= 4 is 58.0 Å². The molecule has 4 nitrogen and oxygen atoms in total. The maximum atomic E-state index is 13.1. The van der Waals surface area contributed by atoms with Crippen LogP contribution >= 0.6 is 46.4 Å². The fourth-order valence-electron chi connectivity index (χ4n) is 3.95. The number of aliphatic hydroxyl groups excluding tert-OH is 1. The Bertz CT molecular complexity index is 1120. The minimum atomic E-state index is -1.29. The van der Waals surface area contributed by atoms with Gasteiger partial charge in [-0.2, -0.15) is 0 Å². The summed E-state index contributed by atoms with van der Waals surface area (Å²) in [5, 5.41) is 12.9. The van der Waals surface area contributed by atoms with Crippen LogP contribution in [0.4, 0.5) is 5.69 Å². The first-order chi connectivity index (χ1) is 15.3. The lowest BCUT2D eigenvalue weighted by atomic mass is 10.00. The van der Waals surface area contributed by atoms with Crippen molar-refractivity contribution in [3.63, 3.8) is 0 Å². The van der Waals surface area contributed by atoms with Crippen LogP contribution in [-0.2, 0) is 4.79 Å². The molecular formula is C24H20Cl4N2O2. The molecule has 0 radical (unpaired) electrons. The molecule has 32 heavy (non-hydrogen) atoms. The zero-order valence-corrected chi connectivity index (χ0v) is 19.9. The summed E-state index contributed by atoms with van der Waals surface area (Å²) >= 11 is 24.7. The van der Waals surface area contributed by atoms with E-state index in [-0.39, 0.29) is 11.9 Å². The lowest BCUT2D eigenvalue weighted by Crippen LogP contribution is -2.51. The largest absolute Gasteiger partial charge is 0.378 e. The highest BCUT2D eigenvalue weighted by Crippen LogP contribution is 2.37. The minimum Gasteiger partial charge on any atom is -0.378 e. The number of amides is 1. The van der Waals surface area contributed by atoms with Crippen LogP contribution in [0, 0.1) is 0 Å².